The van der Waals surface area contributed by atoms with Crippen molar-refractivity contribution >= 4 is 22.5 Å². The maximum Gasteiger partial charge on any atom is 0.0459 e. The Labute approximate surface area is 107 Å². The van der Waals surface area contributed by atoms with E-state index in [1.807, 2.05) is 0 Å². The Bertz CT molecular complexity index is 490. The predicted molar refractivity (Wildman–Crippen MR) is 74.7 cm³/mol. The van der Waals surface area contributed by atoms with Crippen LogP contribution in [0.4, 0.5) is 0 Å². The van der Waals surface area contributed by atoms with E-state index in [0.29, 0.717) is 11.9 Å². The van der Waals surface area contributed by atoms with Crippen LogP contribution in [0.25, 0.3) is 10.9 Å². The molecule has 1 atom stereocenters. The number of benzene rings is 1. The molecule has 0 spiro atoms. The molecule has 17 heavy (non-hydrogen) atoms. The van der Waals surface area contributed by atoms with Gasteiger partial charge >= 0.3 is 0 Å². The highest BCUT2D eigenvalue weighted by Gasteiger charge is 2.05. The predicted octanol–water partition coefficient (Wildman–Crippen LogP) is 3.58. The van der Waals surface area contributed by atoms with E-state index < -0.39 is 0 Å². The SMILES string of the molecule is Cc1cc2c(CN[C@@H](C)CCCl)cccc2[nH]1. The molecule has 0 amide bonds. The number of aromatic nitrogens is 1. The zero-order chi connectivity index (χ0) is 12.3. The van der Waals surface area contributed by atoms with Crippen molar-refractivity contribution in [3.05, 3.63) is 35.5 Å². The molecule has 1 heterocycles. The maximum absolute atomic E-state index is 5.73. The summed E-state index contributed by atoms with van der Waals surface area (Å²) in [5.41, 5.74) is 3.77. The molecular weight excluding hydrogens is 232 g/mol. The van der Waals surface area contributed by atoms with Crippen molar-refractivity contribution in [1.29, 1.82) is 0 Å². The third-order valence-electron chi connectivity index (χ3n) is 3.07. The maximum atomic E-state index is 5.73. The van der Waals surface area contributed by atoms with Gasteiger partial charge in [0.15, 0.2) is 0 Å². The van der Waals surface area contributed by atoms with Crippen molar-refractivity contribution in [2.75, 3.05) is 5.88 Å². The summed E-state index contributed by atoms with van der Waals surface area (Å²) in [6.45, 7) is 5.16. The van der Waals surface area contributed by atoms with E-state index in [2.05, 4.69) is 48.4 Å². The van der Waals surface area contributed by atoms with E-state index in [-0.39, 0.29) is 0 Å². The molecule has 3 heteroatoms. The molecule has 2 rings (SSSR count). The van der Waals surface area contributed by atoms with E-state index in [9.17, 15) is 0 Å². The van der Waals surface area contributed by atoms with Gasteiger partial charge in [0.25, 0.3) is 0 Å². The van der Waals surface area contributed by atoms with Gasteiger partial charge in [0.2, 0.25) is 0 Å². The normalized spacial score (nSPS) is 13.1. The van der Waals surface area contributed by atoms with Crippen molar-refractivity contribution in [1.82, 2.24) is 10.3 Å². The summed E-state index contributed by atoms with van der Waals surface area (Å²) in [5.74, 6) is 0.710. The van der Waals surface area contributed by atoms with Crippen molar-refractivity contribution in [2.45, 2.75) is 32.9 Å². The first-order valence-corrected chi connectivity index (χ1v) is 6.60. The fourth-order valence-electron chi connectivity index (χ4n) is 2.06. The summed E-state index contributed by atoms with van der Waals surface area (Å²) in [7, 11) is 0. The Morgan fingerprint density at radius 1 is 1.41 bits per heavy atom. The second kappa shape index (κ2) is 5.56. The topological polar surface area (TPSA) is 27.8 Å². The van der Waals surface area contributed by atoms with Crippen molar-refractivity contribution < 1.29 is 0 Å². The van der Waals surface area contributed by atoms with Crippen LogP contribution in [0, 0.1) is 6.92 Å². The van der Waals surface area contributed by atoms with Crippen molar-refractivity contribution in [2.24, 2.45) is 0 Å². The molecule has 0 aliphatic rings. The fourth-order valence-corrected chi connectivity index (χ4v) is 2.39. The van der Waals surface area contributed by atoms with Crippen LogP contribution < -0.4 is 5.32 Å². The number of nitrogens with one attached hydrogen (secondary N) is 2. The molecule has 2 nitrogen and oxygen atoms in total. The van der Waals surface area contributed by atoms with E-state index in [4.69, 9.17) is 11.6 Å². The lowest BCUT2D eigenvalue weighted by atomic mass is 10.1. The average Bonchev–Trinajstić information content (AvgIpc) is 2.67. The monoisotopic (exact) mass is 250 g/mol. The first-order valence-electron chi connectivity index (χ1n) is 6.07. The highest BCUT2D eigenvalue weighted by molar-refractivity contribution is 6.17. The minimum Gasteiger partial charge on any atom is -0.359 e. The number of alkyl halides is 1. The largest absolute Gasteiger partial charge is 0.359 e. The lowest BCUT2D eigenvalue weighted by molar-refractivity contribution is 0.537. The molecule has 0 fully saturated rings. The molecule has 2 N–H and O–H groups in total. The highest BCUT2D eigenvalue weighted by atomic mass is 35.5. The van der Waals surface area contributed by atoms with Crippen LogP contribution in [-0.2, 0) is 6.54 Å². The zero-order valence-electron chi connectivity index (χ0n) is 10.4. The Balaban J connectivity index is 2.12. The van der Waals surface area contributed by atoms with E-state index >= 15 is 0 Å². The molecule has 92 valence electrons. The number of aromatic amines is 1. The smallest absolute Gasteiger partial charge is 0.0459 e. The van der Waals surface area contributed by atoms with Gasteiger partial charge in [0.1, 0.15) is 0 Å². The lowest BCUT2D eigenvalue weighted by Gasteiger charge is -2.12. The summed E-state index contributed by atoms with van der Waals surface area (Å²) in [6.07, 6.45) is 1.00. The van der Waals surface area contributed by atoms with Crippen molar-refractivity contribution in [3.8, 4) is 0 Å². The summed E-state index contributed by atoms with van der Waals surface area (Å²) in [4.78, 5) is 3.36. The molecule has 0 aliphatic heterocycles. The lowest BCUT2D eigenvalue weighted by Crippen LogP contribution is -2.25. The standard InChI is InChI=1S/C14H19ClN2/c1-10(6-7-15)16-9-12-4-3-5-14-13(12)8-11(2)17-14/h3-5,8,10,16-17H,6-7,9H2,1-2H3/t10-/m0/s1. The number of hydrogen-bond donors (Lipinski definition) is 2. The Kier molecular flexibility index (Phi) is 4.08. The minimum absolute atomic E-state index is 0.461. The Morgan fingerprint density at radius 2 is 2.24 bits per heavy atom. The first kappa shape index (κ1) is 12.5. The van der Waals surface area contributed by atoms with E-state index in [1.54, 1.807) is 0 Å². The summed E-state index contributed by atoms with van der Waals surface area (Å²) < 4.78 is 0. The van der Waals surface area contributed by atoms with Crippen LogP contribution >= 0.6 is 11.6 Å². The van der Waals surface area contributed by atoms with Crippen LogP contribution in [0.2, 0.25) is 0 Å². The number of fused-ring (bicyclic) bond motifs is 1. The van der Waals surface area contributed by atoms with Gasteiger partial charge in [0.05, 0.1) is 0 Å². The summed E-state index contributed by atoms with van der Waals surface area (Å²) >= 11 is 5.73. The number of rotatable bonds is 5. The van der Waals surface area contributed by atoms with Crippen LogP contribution in [0.5, 0.6) is 0 Å². The van der Waals surface area contributed by atoms with Gasteiger partial charge < -0.3 is 10.3 Å². The highest BCUT2D eigenvalue weighted by Crippen LogP contribution is 2.19. The number of H-pyrrole nitrogens is 1. The van der Waals surface area contributed by atoms with Gasteiger partial charge in [-0.05, 0) is 38.0 Å². The summed E-state index contributed by atoms with van der Waals surface area (Å²) in [6, 6.07) is 9.06. The molecule has 0 radical (unpaired) electrons. The third-order valence-corrected chi connectivity index (χ3v) is 3.29. The molecule has 0 unspecified atom stereocenters. The van der Waals surface area contributed by atoms with E-state index in [1.165, 1.54) is 22.2 Å². The number of halogens is 1. The van der Waals surface area contributed by atoms with Gasteiger partial charge in [-0.25, -0.2) is 0 Å². The average molecular weight is 251 g/mol. The van der Waals surface area contributed by atoms with Crippen LogP contribution in [0.1, 0.15) is 24.6 Å². The van der Waals surface area contributed by atoms with Crippen LogP contribution in [-0.4, -0.2) is 16.9 Å². The second-order valence-electron chi connectivity index (χ2n) is 4.59. The molecule has 2 aromatic rings. The fraction of sp³-hybridized carbons (Fsp3) is 0.429. The number of hydrogen-bond acceptors (Lipinski definition) is 1. The van der Waals surface area contributed by atoms with Crippen LogP contribution in [0.15, 0.2) is 24.3 Å². The Morgan fingerprint density at radius 3 is 3.00 bits per heavy atom. The molecule has 1 aromatic carbocycles. The molecular formula is C14H19ClN2. The molecule has 0 aliphatic carbocycles. The Hall–Kier alpha value is -0.990. The molecule has 1 aromatic heterocycles. The number of aryl methyl sites for hydroxylation is 1. The minimum atomic E-state index is 0.461. The van der Waals surface area contributed by atoms with Gasteiger partial charge in [-0.3, -0.25) is 0 Å². The summed E-state index contributed by atoms with van der Waals surface area (Å²) in [5, 5.41) is 4.82. The van der Waals surface area contributed by atoms with Crippen molar-refractivity contribution in [3.63, 3.8) is 0 Å². The first-order chi connectivity index (χ1) is 8.20. The third kappa shape index (κ3) is 3.02. The van der Waals surface area contributed by atoms with Gasteiger partial charge in [0, 0.05) is 35.1 Å². The van der Waals surface area contributed by atoms with Gasteiger partial charge in [-0.1, -0.05) is 12.1 Å². The zero-order valence-corrected chi connectivity index (χ0v) is 11.1. The molecule has 0 bridgehead atoms. The van der Waals surface area contributed by atoms with Crippen LogP contribution in [0.3, 0.4) is 0 Å². The molecule has 0 saturated heterocycles. The van der Waals surface area contributed by atoms with Gasteiger partial charge in [-0.2, -0.15) is 0 Å². The molecule has 0 saturated carbocycles. The van der Waals surface area contributed by atoms with E-state index in [0.717, 1.165) is 13.0 Å². The second-order valence-corrected chi connectivity index (χ2v) is 4.97. The van der Waals surface area contributed by atoms with Gasteiger partial charge in [-0.15, -0.1) is 11.6 Å². The quantitative estimate of drug-likeness (QED) is 0.780.